The molecule has 2 aliphatic rings. The van der Waals surface area contributed by atoms with Crippen molar-refractivity contribution in [3.63, 3.8) is 0 Å². The molecular formula is C6H4O4S2. The summed E-state index contributed by atoms with van der Waals surface area (Å²) in [5.74, 6) is -1.06. The summed E-state index contributed by atoms with van der Waals surface area (Å²) in [5.41, 5.74) is 0. The summed E-state index contributed by atoms with van der Waals surface area (Å²) in [7, 11) is 0. The molecule has 12 heavy (non-hydrogen) atoms. The third kappa shape index (κ3) is 1.32. The predicted octanol–water partition coefficient (Wildman–Crippen LogP) is 1.04. The molecule has 2 heterocycles. The summed E-state index contributed by atoms with van der Waals surface area (Å²) < 4.78 is 8.61. The maximum atomic E-state index is 10.9. The molecule has 0 atom stereocenters. The largest absolute Gasteiger partial charge is 0.403 e. The van der Waals surface area contributed by atoms with E-state index in [1.54, 1.807) is 10.8 Å². The van der Waals surface area contributed by atoms with Crippen molar-refractivity contribution in [3.05, 3.63) is 10.8 Å². The molecule has 0 unspecified atom stereocenters. The van der Waals surface area contributed by atoms with Gasteiger partial charge in [-0.05, 0) is 34.3 Å². The van der Waals surface area contributed by atoms with Gasteiger partial charge in [-0.25, -0.2) is 0 Å². The Kier molecular flexibility index (Phi) is 1.80. The molecule has 0 aromatic carbocycles. The highest BCUT2D eigenvalue weighted by Gasteiger charge is 2.46. The second-order valence-corrected chi connectivity index (χ2v) is 4.48. The van der Waals surface area contributed by atoms with Crippen molar-refractivity contribution in [1.29, 1.82) is 0 Å². The van der Waals surface area contributed by atoms with E-state index in [1.807, 2.05) is 0 Å². The number of hydrogen-bond donors (Lipinski definition) is 0. The molecule has 1 saturated heterocycles. The minimum atomic E-state index is -1.16. The summed E-state index contributed by atoms with van der Waals surface area (Å²) in [6.07, 6.45) is -0.289. The number of carbonyl (C=O) groups is 2. The lowest BCUT2D eigenvalue weighted by molar-refractivity contribution is -0.193. The highest BCUT2D eigenvalue weighted by molar-refractivity contribution is 8.23. The fourth-order valence-corrected chi connectivity index (χ4v) is 2.73. The number of rotatable bonds is 0. The fraction of sp³-hybridized carbons (Fsp3) is 0.333. The van der Waals surface area contributed by atoms with Gasteiger partial charge in [0, 0.05) is 0 Å². The van der Waals surface area contributed by atoms with E-state index in [0.717, 1.165) is 0 Å². The van der Waals surface area contributed by atoms with Gasteiger partial charge in [0.25, 0.3) is 0 Å². The second kappa shape index (κ2) is 2.70. The van der Waals surface area contributed by atoms with Crippen molar-refractivity contribution in [2.45, 2.75) is 10.9 Å². The highest BCUT2D eigenvalue weighted by Crippen LogP contribution is 2.48. The molecule has 4 nitrogen and oxygen atoms in total. The van der Waals surface area contributed by atoms with Crippen molar-refractivity contribution in [1.82, 2.24) is 0 Å². The van der Waals surface area contributed by atoms with E-state index in [4.69, 9.17) is 9.47 Å². The van der Waals surface area contributed by atoms with Gasteiger partial charge < -0.3 is 9.47 Å². The van der Waals surface area contributed by atoms with E-state index in [0.29, 0.717) is 0 Å². The number of hydrogen-bond acceptors (Lipinski definition) is 6. The maximum absolute atomic E-state index is 10.9. The standard InChI is InChI=1S/C6H4O4S2/c7-4-3-5(8)10-6(9-4)11-1-2-12-6/h1-2H,3H2. The Hall–Kier alpha value is -0.620. The van der Waals surface area contributed by atoms with Gasteiger partial charge in [0.05, 0.1) is 0 Å². The van der Waals surface area contributed by atoms with Gasteiger partial charge in [0.1, 0.15) is 6.42 Å². The first-order valence-electron chi connectivity index (χ1n) is 3.14. The van der Waals surface area contributed by atoms with Gasteiger partial charge in [-0.2, -0.15) is 0 Å². The molecular weight excluding hydrogens is 200 g/mol. The second-order valence-electron chi connectivity index (χ2n) is 2.13. The molecule has 0 aromatic rings. The monoisotopic (exact) mass is 204 g/mol. The molecule has 1 spiro atoms. The molecule has 2 rings (SSSR count). The summed E-state index contributed by atoms with van der Waals surface area (Å²) >= 11 is 2.34. The van der Waals surface area contributed by atoms with Crippen LogP contribution in [0.2, 0.25) is 0 Å². The normalized spacial score (nSPS) is 25.7. The van der Waals surface area contributed by atoms with Gasteiger partial charge in [-0.1, -0.05) is 0 Å². The van der Waals surface area contributed by atoms with Crippen LogP contribution in [0.1, 0.15) is 6.42 Å². The Morgan fingerprint density at radius 3 is 2.17 bits per heavy atom. The van der Waals surface area contributed by atoms with Crippen LogP contribution >= 0.6 is 23.5 Å². The van der Waals surface area contributed by atoms with Crippen LogP contribution < -0.4 is 0 Å². The van der Waals surface area contributed by atoms with E-state index >= 15 is 0 Å². The van der Waals surface area contributed by atoms with Gasteiger partial charge >= 0.3 is 16.4 Å². The van der Waals surface area contributed by atoms with Gasteiger partial charge in [0.2, 0.25) is 0 Å². The van der Waals surface area contributed by atoms with Crippen LogP contribution in [0, 0.1) is 0 Å². The van der Waals surface area contributed by atoms with Crippen LogP contribution in [-0.4, -0.2) is 16.4 Å². The van der Waals surface area contributed by atoms with Gasteiger partial charge in [-0.15, -0.1) is 0 Å². The molecule has 6 heteroatoms. The van der Waals surface area contributed by atoms with Gasteiger partial charge in [-0.3, -0.25) is 9.59 Å². The fourth-order valence-electron chi connectivity index (χ4n) is 0.836. The molecule has 0 amide bonds. The quantitative estimate of drug-likeness (QED) is 0.434. The number of thioether (sulfide) groups is 2. The molecule has 1 fully saturated rings. The summed E-state index contributed by atoms with van der Waals surface area (Å²) in [6.45, 7) is 0. The topological polar surface area (TPSA) is 52.6 Å². The Bertz CT molecular complexity index is 247. The van der Waals surface area contributed by atoms with Crippen LogP contribution in [0.15, 0.2) is 10.8 Å². The molecule has 0 saturated carbocycles. The van der Waals surface area contributed by atoms with E-state index < -0.39 is 16.4 Å². The maximum Gasteiger partial charge on any atom is 0.366 e. The lowest BCUT2D eigenvalue weighted by atomic mass is 10.4. The molecule has 0 N–H and O–H groups in total. The number of carbonyl (C=O) groups excluding carboxylic acids is 2. The first-order valence-corrected chi connectivity index (χ1v) is 4.90. The first kappa shape index (κ1) is 8.00. The SMILES string of the molecule is O=C1CC(=O)OC2(O1)SC=CS2. The highest BCUT2D eigenvalue weighted by atomic mass is 32.2. The van der Waals surface area contributed by atoms with E-state index in [2.05, 4.69) is 0 Å². The average molecular weight is 204 g/mol. The zero-order valence-corrected chi connectivity index (χ0v) is 7.44. The zero-order valence-electron chi connectivity index (χ0n) is 5.81. The van der Waals surface area contributed by atoms with Crippen LogP contribution in [0.5, 0.6) is 0 Å². The smallest absolute Gasteiger partial charge is 0.366 e. The predicted molar refractivity (Wildman–Crippen MR) is 43.9 cm³/mol. The lowest BCUT2D eigenvalue weighted by Crippen LogP contribution is -2.38. The summed E-state index contributed by atoms with van der Waals surface area (Å²) in [6, 6.07) is 0. The van der Waals surface area contributed by atoms with E-state index in [1.165, 1.54) is 23.5 Å². The van der Waals surface area contributed by atoms with Crippen LogP contribution in [0.25, 0.3) is 0 Å². The Labute approximate surface area is 76.7 Å². The molecule has 0 aliphatic carbocycles. The Morgan fingerprint density at radius 1 is 1.17 bits per heavy atom. The van der Waals surface area contributed by atoms with Crippen LogP contribution in [-0.2, 0) is 19.1 Å². The van der Waals surface area contributed by atoms with Crippen molar-refractivity contribution in [2.24, 2.45) is 0 Å². The Morgan fingerprint density at radius 2 is 1.67 bits per heavy atom. The van der Waals surface area contributed by atoms with Crippen molar-refractivity contribution >= 4 is 35.5 Å². The van der Waals surface area contributed by atoms with E-state index in [9.17, 15) is 9.59 Å². The Balaban J connectivity index is 2.16. The van der Waals surface area contributed by atoms with Crippen molar-refractivity contribution in [2.75, 3.05) is 0 Å². The summed E-state index contributed by atoms with van der Waals surface area (Å²) in [4.78, 5) is 21.7. The molecule has 64 valence electrons. The van der Waals surface area contributed by atoms with Crippen molar-refractivity contribution in [3.8, 4) is 0 Å². The van der Waals surface area contributed by atoms with Crippen molar-refractivity contribution < 1.29 is 19.1 Å². The van der Waals surface area contributed by atoms with E-state index in [-0.39, 0.29) is 6.42 Å². The first-order chi connectivity index (χ1) is 5.70. The molecule has 2 aliphatic heterocycles. The minimum absolute atomic E-state index is 0.289. The third-order valence-corrected chi connectivity index (χ3v) is 3.45. The minimum Gasteiger partial charge on any atom is -0.403 e. The van der Waals surface area contributed by atoms with Crippen LogP contribution in [0.3, 0.4) is 0 Å². The summed E-state index contributed by atoms with van der Waals surface area (Å²) in [5, 5.41) is 3.44. The van der Waals surface area contributed by atoms with Gasteiger partial charge in [0.15, 0.2) is 0 Å². The molecule has 0 aromatic heterocycles. The average Bonchev–Trinajstić information content (AvgIpc) is 2.33. The number of esters is 2. The molecule has 0 radical (unpaired) electrons. The number of ether oxygens (including phenoxy) is 2. The lowest BCUT2D eigenvalue weighted by Gasteiger charge is -2.29. The molecule has 0 bridgehead atoms. The third-order valence-electron chi connectivity index (χ3n) is 1.25. The van der Waals surface area contributed by atoms with Crippen LogP contribution in [0.4, 0.5) is 0 Å². The zero-order chi connectivity index (χ0) is 8.60.